The molecule has 0 spiro atoms. The molecule has 0 unspecified atom stereocenters. The van der Waals surface area contributed by atoms with Crippen molar-refractivity contribution in [1.82, 2.24) is 4.57 Å². The smallest absolute Gasteiger partial charge is 0.337 e. The number of ketones is 1. The van der Waals surface area contributed by atoms with Gasteiger partial charge in [-0.05, 0) is 67.4 Å². The average Bonchev–Trinajstić information content (AvgIpc) is 3.15. The summed E-state index contributed by atoms with van der Waals surface area (Å²) in [5, 5.41) is 11.5. The summed E-state index contributed by atoms with van der Waals surface area (Å²) in [6.07, 6.45) is 0. The van der Waals surface area contributed by atoms with Crippen LogP contribution in [0.4, 0.5) is 5.69 Å². The maximum absolute atomic E-state index is 13.2. The number of nitrogens with zero attached hydrogens (tertiary/aromatic N) is 2. The van der Waals surface area contributed by atoms with E-state index in [2.05, 4.69) is 15.6 Å². The van der Waals surface area contributed by atoms with Crippen molar-refractivity contribution in [2.75, 3.05) is 0 Å². The van der Waals surface area contributed by atoms with Crippen molar-refractivity contribution in [3.8, 4) is 0 Å². The van der Waals surface area contributed by atoms with Crippen molar-refractivity contribution in [1.29, 1.82) is 0 Å². The molecule has 1 aromatic heterocycles. The molecule has 5 heteroatoms. The predicted octanol–water partition coefficient (Wildman–Crippen LogP) is 6.71. The summed E-state index contributed by atoms with van der Waals surface area (Å²) in [5.41, 5.74) is 6.56. The summed E-state index contributed by atoms with van der Waals surface area (Å²) >= 11 is 0. The van der Waals surface area contributed by atoms with Gasteiger partial charge in [0.05, 0.1) is 11.3 Å². The first kappa shape index (κ1) is 22.3. The van der Waals surface area contributed by atoms with Gasteiger partial charge in [0.25, 0.3) is 0 Å². The zero-order valence-corrected chi connectivity index (χ0v) is 19.7. The van der Waals surface area contributed by atoms with E-state index >= 15 is 0 Å². The Kier molecular flexibility index (Phi) is 5.53. The quantitative estimate of drug-likeness (QED) is 0.234. The fourth-order valence-corrected chi connectivity index (χ4v) is 4.56. The number of carbonyl (C=O) groups excluding carboxylic acids is 1. The van der Waals surface area contributed by atoms with E-state index in [-0.39, 0.29) is 11.3 Å². The average molecular weight is 461 g/mol. The zero-order chi connectivity index (χ0) is 24.7. The number of fused-ring (bicyclic) bond motifs is 3. The van der Waals surface area contributed by atoms with E-state index in [0.29, 0.717) is 22.5 Å². The number of aromatic nitrogens is 1. The number of hydrogen-bond acceptors (Lipinski definition) is 3. The van der Waals surface area contributed by atoms with Crippen molar-refractivity contribution in [2.24, 2.45) is 12.0 Å². The van der Waals surface area contributed by atoms with Crippen molar-refractivity contribution in [2.45, 2.75) is 13.8 Å². The molecule has 172 valence electrons. The van der Waals surface area contributed by atoms with E-state index in [1.54, 1.807) is 24.3 Å². The first-order valence-corrected chi connectivity index (χ1v) is 11.4. The Labute approximate surface area is 203 Å². The molecule has 35 heavy (non-hydrogen) atoms. The number of carbonyl (C=O) groups is 2. The lowest BCUT2D eigenvalue weighted by atomic mass is 9.97. The number of carboxylic acid groups (broad SMARTS) is 1. The lowest BCUT2D eigenvalue weighted by Gasteiger charge is -2.06. The maximum Gasteiger partial charge on any atom is 0.337 e. The van der Waals surface area contributed by atoms with Gasteiger partial charge in [-0.2, -0.15) is 0 Å². The molecule has 4 aromatic carbocycles. The third-order valence-electron chi connectivity index (χ3n) is 6.50. The molecule has 5 nitrogen and oxygen atoms in total. The van der Waals surface area contributed by atoms with E-state index in [1.807, 2.05) is 75.5 Å². The van der Waals surface area contributed by atoms with Gasteiger partial charge in [0.1, 0.15) is 0 Å². The third-order valence-corrected chi connectivity index (χ3v) is 6.50. The van der Waals surface area contributed by atoms with Gasteiger partial charge < -0.3 is 9.67 Å². The van der Waals surface area contributed by atoms with Crippen LogP contribution in [0, 0.1) is 6.92 Å². The van der Waals surface area contributed by atoms with E-state index in [0.717, 1.165) is 32.9 Å². The number of hydrogen-bond donors (Lipinski definition) is 1. The van der Waals surface area contributed by atoms with Crippen LogP contribution in [0.3, 0.4) is 0 Å². The topological polar surface area (TPSA) is 71.7 Å². The summed E-state index contributed by atoms with van der Waals surface area (Å²) < 4.78 is 2.11. The highest BCUT2D eigenvalue weighted by molar-refractivity contribution is 6.16. The Balaban J connectivity index is 1.63. The van der Waals surface area contributed by atoms with Crippen molar-refractivity contribution >= 4 is 45.0 Å². The number of para-hydroxylation sites is 1. The van der Waals surface area contributed by atoms with Gasteiger partial charge in [0.15, 0.2) is 5.78 Å². The largest absolute Gasteiger partial charge is 0.478 e. The van der Waals surface area contributed by atoms with Crippen LogP contribution < -0.4 is 0 Å². The lowest BCUT2D eigenvalue weighted by Crippen LogP contribution is -2.03. The Morgan fingerprint density at radius 3 is 2.00 bits per heavy atom. The minimum atomic E-state index is -1.01. The molecule has 0 aliphatic carbocycles. The van der Waals surface area contributed by atoms with E-state index in [4.69, 9.17) is 0 Å². The predicted molar refractivity (Wildman–Crippen MR) is 140 cm³/mol. The van der Waals surface area contributed by atoms with Crippen LogP contribution >= 0.6 is 0 Å². The van der Waals surface area contributed by atoms with Crippen LogP contribution in [0.15, 0.2) is 89.9 Å². The second-order valence-corrected chi connectivity index (χ2v) is 8.69. The molecule has 0 amide bonds. The van der Waals surface area contributed by atoms with Gasteiger partial charge in [-0.15, -0.1) is 0 Å². The first-order valence-electron chi connectivity index (χ1n) is 11.4. The highest BCUT2D eigenvalue weighted by atomic mass is 16.4. The minimum Gasteiger partial charge on any atom is -0.478 e. The molecule has 5 aromatic rings. The molecule has 0 radical (unpaired) electrons. The standard InChI is InChI=1S/C30H24N2O3/c1-18-8-4-5-9-22(18)29(33)21-13-15-28-25(17-21)24-16-20(12-14-27(24)32(28)3)19(2)31-26-11-7-6-10-23(26)30(34)35/h4-17H,1-3H3,(H,34,35). The highest BCUT2D eigenvalue weighted by Crippen LogP contribution is 2.31. The summed E-state index contributed by atoms with van der Waals surface area (Å²) in [7, 11) is 2.01. The van der Waals surface area contributed by atoms with Crippen molar-refractivity contribution in [3.05, 3.63) is 113 Å². The highest BCUT2D eigenvalue weighted by Gasteiger charge is 2.16. The van der Waals surface area contributed by atoms with Gasteiger partial charge in [0.2, 0.25) is 0 Å². The van der Waals surface area contributed by atoms with E-state index < -0.39 is 5.97 Å². The normalized spacial score (nSPS) is 11.8. The first-order chi connectivity index (χ1) is 16.8. The molecular formula is C30H24N2O3. The summed E-state index contributed by atoms with van der Waals surface area (Å²) in [6, 6.07) is 26.3. The van der Waals surface area contributed by atoms with Gasteiger partial charge >= 0.3 is 5.97 Å². The molecule has 0 bridgehead atoms. The number of aryl methyl sites for hydroxylation is 2. The van der Waals surface area contributed by atoms with Crippen LogP contribution in [-0.2, 0) is 7.05 Å². The second kappa shape index (κ2) is 8.69. The van der Waals surface area contributed by atoms with Gasteiger partial charge in [-0.1, -0.05) is 42.5 Å². The molecule has 0 fully saturated rings. The second-order valence-electron chi connectivity index (χ2n) is 8.69. The van der Waals surface area contributed by atoms with Crippen LogP contribution in [0.2, 0.25) is 0 Å². The Morgan fingerprint density at radius 1 is 0.771 bits per heavy atom. The summed E-state index contributed by atoms with van der Waals surface area (Å²) in [6.45, 7) is 3.82. The molecule has 0 saturated carbocycles. The zero-order valence-electron chi connectivity index (χ0n) is 19.7. The van der Waals surface area contributed by atoms with Crippen LogP contribution in [-0.4, -0.2) is 27.1 Å². The molecule has 0 saturated heterocycles. The summed E-state index contributed by atoms with van der Waals surface area (Å²) in [4.78, 5) is 29.4. The van der Waals surface area contributed by atoms with Crippen molar-refractivity contribution in [3.63, 3.8) is 0 Å². The number of aromatic carboxylic acids is 1. The molecular weight excluding hydrogens is 436 g/mol. The summed E-state index contributed by atoms with van der Waals surface area (Å²) in [5.74, 6) is -1.01. The third kappa shape index (κ3) is 3.91. The number of benzene rings is 4. The van der Waals surface area contributed by atoms with E-state index in [9.17, 15) is 14.7 Å². The molecule has 0 atom stereocenters. The van der Waals surface area contributed by atoms with Gasteiger partial charge in [-0.3, -0.25) is 9.79 Å². The monoisotopic (exact) mass is 460 g/mol. The lowest BCUT2D eigenvalue weighted by molar-refractivity contribution is 0.0697. The molecule has 0 aliphatic heterocycles. The number of aliphatic imine (C=N–C) groups is 1. The van der Waals surface area contributed by atoms with Gasteiger partial charge in [-0.25, -0.2) is 4.79 Å². The van der Waals surface area contributed by atoms with E-state index in [1.165, 1.54) is 0 Å². The molecule has 1 N–H and O–H groups in total. The molecule has 1 heterocycles. The van der Waals surface area contributed by atoms with Crippen LogP contribution in [0.5, 0.6) is 0 Å². The number of carboxylic acids is 1. The minimum absolute atomic E-state index is 0.00109. The SMILES string of the molecule is CC(=Nc1ccccc1C(=O)O)c1ccc2c(c1)c1cc(C(=O)c3ccccc3C)ccc1n2C. The number of rotatable bonds is 5. The van der Waals surface area contributed by atoms with Crippen LogP contribution in [0.1, 0.15) is 44.3 Å². The fourth-order valence-electron chi connectivity index (χ4n) is 4.56. The Bertz CT molecular complexity index is 1670. The molecule has 5 rings (SSSR count). The Hall–Kier alpha value is -4.51. The Morgan fingerprint density at radius 2 is 1.34 bits per heavy atom. The molecule has 0 aliphatic rings. The van der Waals surface area contributed by atoms with Gasteiger partial charge in [0, 0.05) is 45.7 Å². The fraction of sp³-hybridized carbons (Fsp3) is 0.100. The maximum atomic E-state index is 13.2. The van der Waals surface area contributed by atoms with Crippen LogP contribution in [0.25, 0.3) is 21.8 Å². The van der Waals surface area contributed by atoms with Crippen molar-refractivity contribution < 1.29 is 14.7 Å².